The molecular formula is C21H23NO6S. The first-order valence-electron chi connectivity index (χ1n) is 9.05. The Balaban J connectivity index is 1.92. The van der Waals surface area contributed by atoms with Crippen molar-refractivity contribution in [3.05, 3.63) is 52.4 Å². The van der Waals surface area contributed by atoms with E-state index >= 15 is 0 Å². The molecule has 0 saturated carbocycles. The van der Waals surface area contributed by atoms with Crippen LogP contribution in [0.4, 0.5) is 5.00 Å². The van der Waals surface area contributed by atoms with Crippen molar-refractivity contribution in [1.29, 1.82) is 0 Å². The van der Waals surface area contributed by atoms with Crippen molar-refractivity contribution in [1.82, 2.24) is 0 Å². The first-order valence-corrected chi connectivity index (χ1v) is 9.87. The highest BCUT2D eigenvalue weighted by Gasteiger charge is 2.19. The topological polar surface area (TPSA) is 90.9 Å². The molecule has 0 unspecified atom stereocenters. The molecule has 1 heterocycles. The molecule has 7 nitrogen and oxygen atoms in total. The van der Waals surface area contributed by atoms with Crippen LogP contribution in [-0.4, -0.2) is 38.2 Å². The summed E-state index contributed by atoms with van der Waals surface area (Å²) in [7, 11) is 1.56. The molecule has 0 aliphatic rings. The van der Waals surface area contributed by atoms with Crippen molar-refractivity contribution in [2.75, 3.05) is 25.6 Å². The van der Waals surface area contributed by atoms with E-state index in [4.69, 9.17) is 14.2 Å². The minimum absolute atomic E-state index is 0.237. The zero-order chi connectivity index (χ0) is 21.2. The van der Waals surface area contributed by atoms with Gasteiger partial charge in [-0.15, -0.1) is 11.3 Å². The second-order valence-corrected chi connectivity index (χ2v) is 6.93. The van der Waals surface area contributed by atoms with Gasteiger partial charge in [0.05, 0.1) is 19.3 Å². The van der Waals surface area contributed by atoms with Gasteiger partial charge in [-0.25, -0.2) is 9.59 Å². The summed E-state index contributed by atoms with van der Waals surface area (Å²) in [5, 5.41) is 2.99. The molecule has 0 spiro atoms. The quantitative estimate of drug-likeness (QED) is 0.494. The van der Waals surface area contributed by atoms with Gasteiger partial charge in [-0.1, -0.05) is 19.1 Å². The number of carbonyl (C=O) groups excluding carboxylic acids is 3. The fourth-order valence-electron chi connectivity index (χ4n) is 2.33. The number of anilines is 1. The van der Waals surface area contributed by atoms with Gasteiger partial charge in [-0.05, 0) is 43.2 Å². The number of nitrogens with one attached hydrogen (secondary N) is 1. The Morgan fingerprint density at radius 2 is 1.93 bits per heavy atom. The largest absolute Gasteiger partial charge is 0.497 e. The number of amides is 1. The summed E-state index contributed by atoms with van der Waals surface area (Å²) in [5.41, 5.74) is 1.06. The maximum Gasteiger partial charge on any atom is 0.341 e. The molecule has 1 N–H and O–H groups in total. The second-order valence-electron chi connectivity index (χ2n) is 5.80. The van der Waals surface area contributed by atoms with E-state index in [9.17, 15) is 14.4 Å². The van der Waals surface area contributed by atoms with Crippen molar-refractivity contribution < 1.29 is 28.6 Å². The maximum atomic E-state index is 12.1. The summed E-state index contributed by atoms with van der Waals surface area (Å²) in [6, 6.07) is 8.85. The first-order chi connectivity index (χ1) is 14.0. The lowest BCUT2D eigenvalue weighted by Crippen LogP contribution is -2.20. The lowest BCUT2D eigenvalue weighted by molar-refractivity contribution is -0.142. The second kappa shape index (κ2) is 11.0. The van der Waals surface area contributed by atoms with Crippen molar-refractivity contribution in [3.63, 3.8) is 0 Å². The zero-order valence-electron chi connectivity index (χ0n) is 16.5. The molecular weight excluding hydrogens is 394 g/mol. The molecule has 1 aromatic heterocycles. The normalized spacial score (nSPS) is 10.6. The Kier molecular flexibility index (Phi) is 8.42. The standard InChI is InChI=1S/C21H23NO6S/c1-4-16-12-17(21(25)27-5-2)20(29-16)22-18(23)13-28-19(24)10-9-14-7-6-8-15(11-14)26-3/h6-12H,4-5,13H2,1-3H3,(H,22,23)/b10-9+. The van der Waals surface area contributed by atoms with Crippen LogP contribution < -0.4 is 10.1 Å². The molecule has 0 aliphatic carbocycles. The van der Waals surface area contributed by atoms with Crippen molar-refractivity contribution in [3.8, 4) is 5.75 Å². The number of rotatable bonds is 9. The lowest BCUT2D eigenvalue weighted by Gasteiger charge is -2.06. The number of aryl methyl sites for hydroxylation is 1. The van der Waals surface area contributed by atoms with E-state index in [1.165, 1.54) is 17.4 Å². The Morgan fingerprint density at radius 3 is 2.62 bits per heavy atom. The van der Waals surface area contributed by atoms with Crippen LogP contribution in [0.2, 0.25) is 0 Å². The smallest absolute Gasteiger partial charge is 0.341 e. The van der Waals surface area contributed by atoms with E-state index in [0.717, 1.165) is 16.9 Å². The highest BCUT2D eigenvalue weighted by molar-refractivity contribution is 7.16. The summed E-state index contributed by atoms with van der Waals surface area (Å²) in [6.45, 7) is 3.42. The van der Waals surface area contributed by atoms with Crippen LogP contribution in [0.5, 0.6) is 5.75 Å². The van der Waals surface area contributed by atoms with Crippen LogP contribution in [0.25, 0.3) is 6.08 Å². The van der Waals surface area contributed by atoms with Crippen molar-refractivity contribution >= 4 is 40.3 Å². The van der Waals surface area contributed by atoms with E-state index in [2.05, 4.69) is 5.32 Å². The molecule has 2 aromatic rings. The summed E-state index contributed by atoms with van der Waals surface area (Å²) < 4.78 is 15.1. The third-order valence-corrected chi connectivity index (χ3v) is 4.93. The van der Waals surface area contributed by atoms with E-state index in [1.807, 2.05) is 6.92 Å². The van der Waals surface area contributed by atoms with Crippen LogP contribution in [-0.2, 0) is 25.5 Å². The van der Waals surface area contributed by atoms with Crippen LogP contribution in [0.1, 0.15) is 34.6 Å². The minimum Gasteiger partial charge on any atom is -0.497 e. The molecule has 0 aliphatic heterocycles. The molecule has 1 amide bonds. The Morgan fingerprint density at radius 1 is 1.14 bits per heavy atom. The summed E-state index contributed by atoms with van der Waals surface area (Å²) in [5.74, 6) is -1.03. The number of hydrogen-bond donors (Lipinski definition) is 1. The highest BCUT2D eigenvalue weighted by atomic mass is 32.1. The number of hydrogen-bond acceptors (Lipinski definition) is 7. The van der Waals surface area contributed by atoms with E-state index in [0.29, 0.717) is 16.3 Å². The van der Waals surface area contributed by atoms with Gasteiger partial charge < -0.3 is 19.5 Å². The third kappa shape index (κ3) is 6.76. The number of esters is 2. The van der Waals surface area contributed by atoms with Crippen LogP contribution in [0, 0.1) is 0 Å². The number of ether oxygens (including phenoxy) is 3. The van der Waals surface area contributed by atoms with E-state index in [1.54, 1.807) is 50.4 Å². The Bertz CT molecular complexity index is 902. The molecule has 0 bridgehead atoms. The fourth-order valence-corrected chi connectivity index (χ4v) is 3.33. The van der Waals surface area contributed by atoms with E-state index < -0.39 is 24.5 Å². The molecule has 0 radical (unpaired) electrons. The molecule has 0 atom stereocenters. The molecule has 154 valence electrons. The van der Waals surface area contributed by atoms with Gasteiger partial charge in [0.2, 0.25) is 0 Å². The van der Waals surface area contributed by atoms with Gasteiger partial charge in [0, 0.05) is 11.0 Å². The molecule has 8 heteroatoms. The average molecular weight is 417 g/mol. The Hall–Kier alpha value is -3.13. The van der Waals surface area contributed by atoms with Gasteiger partial charge in [0.25, 0.3) is 5.91 Å². The number of carbonyl (C=O) groups is 3. The van der Waals surface area contributed by atoms with Crippen LogP contribution in [0.15, 0.2) is 36.4 Å². The van der Waals surface area contributed by atoms with Gasteiger partial charge in [-0.2, -0.15) is 0 Å². The predicted molar refractivity (Wildman–Crippen MR) is 111 cm³/mol. The van der Waals surface area contributed by atoms with Gasteiger partial charge in [0.15, 0.2) is 6.61 Å². The average Bonchev–Trinajstić information content (AvgIpc) is 3.14. The van der Waals surface area contributed by atoms with E-state index in [-0.39, 0.29) is 6.61 Å². The molecule has 0 fully saturated rings. The highest BCUT2D eigenvalue weighted by Crippen LogP contribution is 2.29. The molecule has 1 aromatic carbocycles. The van der Waals surface area contributed by atoms with Gasteiger partial charge in [0.1, 0.15) is 10.8 Å². The maximum absolute atomic E-state index is 12.1. The fraction of sp³-hybridized carbons (Fsp3) is 0.286. The first kappa shape index (κ1) is 22.2. The van der Waals surface area contributed by atoms with Crippen LogP contribution in [0.3, 0.4) is 0 Å². The van der Waals surface area contributed by atoms with Gasteiger partial charge >= 0.3 is 11.9 Å². The number of thiophene rings is 1. The monoisotopic (exact) mass is 417 g/mol. The number of benzene rings is 1. The minimum atomic E-state index is -0.658. The van der Waals surface area contributed by atoms with Gasteiger partial charge in [-0.3, -0.25) is 4.79 Å². The third-order valence-electron chi connectivity index (χ3n) is 3.73. The lowest BCUT2D eigenvalue weighted by atomic mass is 10.2. The zero-order valence-corrected chi connectivity index (χ0v) is 17.3. The Labute approximate surface area is 173 Å². The molecule has 0 saturated heterocycles. The van der Waals surface area contributed by atoms with Crippen molar-refractivity contribution in [2.45, 2.75) is 20.3 Å². The number of methoxy groups -OCH3 is 1. The molecule has 29 heavy (non-hydrogen) atoms. The van der Waals surface area contributed by atoms with Crippen LogP contribution >= 0.6 is 11.3 Å². The summed E-state index contributed by atoms with van der Waals surface area (Å²) >= 11 is 1.29. The summed E-state index contributed by atoms with van der Waals surface area (Å²) in [6.07, 6.45) is 3.51. The summed E-state index contributed by atoms with van der Waals surface area (Å²) in [4.78, 5) is 36.9. The SMILES string of the molecule is CCOC(=O)c1cc(CC)sc1NC(=O)COC(=O)/C=C/c1cccc(OC)c1. The van der Waals surface area contributed by atoms with Crippen molar-refractivity contribution in [2.24, 2.45) is 0 Å². The molecule has 2 rings (SSSR count). The predicted octanol–water partition coefficient (Wildman–Crippen LogP) is 3.69.